The molecule has 0 unspecified atom stereocenters. The lowest BCUT2D eigenvalue weighted by atomic mass is 10.2. The molecule has 0 rings (SSSR count). The number of hydrogen-bond donors (Lipinski definition) is 2. The maximum absolute atomic E-state index is 11.0. The van der Waals surface area contributed by atoms with Crippen molar-refractivity contribution >= 4 is 11.9 Å². The average Bonchev–Trinajstić information content (AvgIpc) is 2.54. The summed E-state index contributed by atoms with van der Waals surface area (Å²) in [6, 6.07) is 0. The lowest BCUT2D eigenvalue weighted by molar-refractivity contribution is -0.141. The highest BCUT2D eigenvalue weighted by molar-refractivity contribution is 5.87. The Hall–Kier alpha value is -1.66. The van der Waals surface area contributed by atoms with Crippen molar-refractivity contribution in [1.29, 1.82) is 0 Å². The Bertz CT molecular complexity index is 340. The summed E-state index contributed by atoms with van der Waals surface area (Å²) in [6.45, 7) is 11.3. The fourth-order valence-corrected chi connectivity index (χ4v) is 1.36. The van der Waals surface area contributed by atoms with Gasteiger partial charge < -0.3 is 19.7 Å². The largest absolute Gasteiger partial charge is 0.462 e. The van der Waals surface area contributed by atoms with Crippen LogP contribution in [0.4, 0.5) is 0 Å². The first-order valence-corrected chi connectivity index (χ1v) is 8.23. The Labute approximate surface area is 145 Å². The van der Waals surface area contributed by atoms with Gasteiger partial charge in [0, 0.05) is 24.4 Å². The second-order valence-corrected chi connectivity index (χ2v) is 5.40. The average molecular weight is 344 g/mol. The van der Waals surface area contributed by atoms with E-state index in [4.69, 9.17) is 19.7 Å². The standard InChI is InChI=1S/C12H18O4.C6H14O2/c1-9(2)11(13)15-7-5-6-8-16-12(14)10(3)4;7-5-3-1-2-4-6-8/h1,3,5-8H2,2,4H3;7-8H,1-6H2. The van der Waals surface area contributed by atoms with Crippen LogP contribution in [0.3, 0.4) is 0 Å². The maximum Gasteiger partial charge on any atom is 0.333 e. The third-order valence-electron chi connectivity index (χ3n) is 2.77. The molecule has 0 amide bonds. The van der Waals surface area contributed by atoms with Crippen LogP contribution in [0.5, 0.6) is 0 Å². The summed E-state index contributed by atoms with van der Waals surface area (Å²) in [5.74, 6) is -0.780. The Morgan fingerprint density at radius 2 is 1.04 bits per heavy atom. The van der Waals surface area contributed by atoms with Gasteiger partial charge in [0.05, 0.1) is 13.2 Å². The number of rotatable bonds is 12. The van der Waals surface area contributed by atoms with Crippen LogP contribution in [0.1, 0.15) is 52.4 Å². The molecule has 0 saturated heterocycles. The minimum absolute atomic E-state index is 0.283. The van der Waals surface area contributed by atoms with E-state index >= 15 is 0 Å². The molecule has 0 aliphatic carbocycles. The van der Waals surface area contributed by atoms with Crippen molar-refractivity contribution in [3.63, 3.8) is 0 Å². The van der Waals surface area contributed by atoms with E-state index in [9.17, 15) is 9.59 Å². The van der Waals surface area contributed by atoms with Crippen LogP contribution in [0.25, 0.3) is 0 Å². The minimum Gasteiger partial charge on any atom is -0.462 e. The molecule has 0 bridgehead atoms. The highest BCUT2D eigenvalue weighted by Gasteiger charge is 2.04. The summed E-state index contributed by atoms with van der Waals surface area (Å²) in [5, 5.41) is 16.6. The second-order valence-electron chi connectivity index (χ2n) is 5.40. The number of unbranched alkanes of at least 4 members (excludes halogenated alkanes) is 4. The van der Waals surface area contributed by atoms with E-state index < -0.39 is 0 Å². The molecule has 0 aromatic heterocycles. The number of carbonyl (C=O) groups is 2. The van der Waals surface area contributed by atoms with Gasteiger partial charge in [-0.15, -0.1) is 0 Å². The fraction of sp³-hybridized carbons (Fsp3) is 0.667. The molecule has 6 heteroatoms. The van der Waals surface area contributed by atoms with Crippen molar-refractivity contribution in [2.24, 2.45) is 0 Å². The van der Waals surface area contributed by atoms with Crippen LogP contribution in [-0.4, -0.2) is 48.6 Å². The molecule has 0 aromatic rings. The highest BCUT2D eigenvalue weighted by Crippen LogP contribution is 1.98. The van der Waals surface area contributed by atoms with Crippen molar-refractivity contribution in [2.75, 3.05) is 26.4 Å². The predicted octanol–water partition coefficient (Wildman–Crippen LogP) is 2.54. The van der Waals surface area contributed by atoms with Crippen molar-refractivity contribution in [1.82, 2.24) is 0 Å². The molecule has 0 atom stereocenters. The van der Waals surface area contributed by atoms with Gasteiger partial charge in [0.2, 0.25) is 0 Å². The van der Waals surface area contributed by atoms with Crippen LogP contribution < -0.4 is 0 Å². The molecule has 0 aromatic carbocycles. The van der Waals surface area contributed by atoms with Gasteiger partial charge >= 0.3 is 11.9 Å². The topological polar surface area (TPSA) is 93.1 Å². The summed E-state index contributed by atoms with van der Waals surface area (Å²) in [6.07, 6.45) is 5.14. The van der Waals surface area contributed by atoms with E-state index in [2.05, 4.69) is 13.2 Å². The van der Waals surface area contributed by atoms with E-state index in [0.29, 0.717) is 37.2 Å². The zero-order valence-electron chi connectivity index (χ0n) is 15.0. The second kappa shape index (κ2) is 17.7. The van der Waals surface area contributed by atoms with Gasteiger partial charge in [0.25, 0.3) is 0 Å². The fourth-order valence-electron chi connectivity index (χ4n) is 1.36. The van der Waals surface area contributed by atoms with Crippen molar-refractivity contribution in [3.8, 4) is 0 Å². The van der Waals surface area contributed by atoms with Crippen LogP contribution in [0.15, 0.2) is 24.3 Å². The normalized spacial score (nSPS) is 9.50. The first kappa shape index (κ1) is 24.6. The summed E-state index contributed by atoms with van der Waals surface area (Å²) >= 11 is 0. The molecular formula is C18H32O6. The molecule has 24 heavy (non-hydrogen) atoms. The molecule has 6 nitrogen and oxygen atoms in total. The highest BCUT2D eigenvalue weighted by atomic mass is 16.5. The van der Waals surface area contributed by atoms with Crippen LogP contribution in [-0.2, 0) is 19.1 Å². The molecule has 0 aliphatic heterocycles. The number of ether oxygens (including phenoxy) is 2. The number of esters is 2. The van der Waals surface area contributed by atoms with Gasteiger partial charge in [0.1, 0.15) is 0 Å². The van der Waals surface area contributed by atoms with Gasteiger partial charge in [-0.05, 0) is 39.5 Å². The summed E-state index contributed by atoms with van der Waals surface area (Å²) < 4.78 is 9.72. The van der Waals surface area contributed by atoms with E-state index in [-0.39, 0.29) is 25.2 Å². The number of aliphatic hydroxyl groups is 2. The van der Waals surface area contributed by atoms with E-state index in [0.717, 1.165) is 25.7 Å². The Kier molecular flexibility index (Phi) is 18.1. The smallest absolute Gasteiger partial charge is 0.333 e. The number of aliphatic hydroxyl groups excluding tert-OH is 2. The first-order valence-electron chi connectivity index (χ1n) is 8.23. The van der Waals surface area contributed by atoms with Crippen molar-refractivity contribution in [2.45, 2.75) is 52.4 Å². The quantitative estimate of drug-likeness (QED) is 0.321. The molecule has 0 saturated carbocycles. The van der Waals surface area contributed by atoms with Crippen LogP contribution >= 0.6 is 0 Å². The number of carbonyl (C=O) groups excluding carboxylic acids is 2. The van der Waals surface area contributed by atoms with Crippen LogP contribution in [0.2, 0.25) is 0 Å². The lowest BCUT2D eigenvalue weighted by Crippen LogP contribution is -2.09. The first-order chi connectivity index (χ1) is 11.4. The van der Waals surface area contributed by atoms with Crippen LogP contribution in [0, 0.1) is 0 Å². The van der Waals surface area contributed by atoms with Gasteiger partial charge in [-0.25, -0.2) is 9.59 Å². The SMILES string of the molecule is C=C(C)C(=O)OCCCCOC(=O)C(=C)C.OCCCCCCO. The summed E-state index contributed by atoms with van der Waals surface area (Å²) in [5.41, 5.74) is 0.766. The zero-order valence-corrected chi connectivity index (χ0v) is 15.0. The van der Waals surface area contributed by atoms with Gasteiger partial charge in [-0.1, -0.05) is 26.0 Å². The Balaban J connectivity index is 0. The van der Waals surface area contributed by atoms with E-state index in [1.54, 1.807) is 13.8 Å². The number of hydrogen-bond acceptors (Lipinski definition) is 6. The van der Waals surface area contributed by atoms with Gasteiger partial charge in [0.15, 0.2) is 0 Å². The third kappa shape index (κ3) is 18.4. The maximum atomic E-state index is 11.0. The van der Waals surface area contributed by atoms with Crippen molar-refractivity contribution in [3.05, 3.63) is 24.3 Å². The molecule has 2 N–H and O–H groups in total. The minimum atomic E-state index is -0.390. The third-order valence-corrected chi connectivity index (χ3v) is 2.77. The molecule has 0 heterocycles. The molecule has 0 aliphatic rings. The zero-order chi connectivity index (χ0) is 18.8. The molecular weight excluding hydrogens is 312 g/mol. The predicted molar refractivity (Wildman–Crippen MR) is 93.4 cm³/mol. The molecule has 0 spiro atoms. The Morgan fingerprint density at radius 1 is 0.708 bits per heavy atom. The van der Waals surface area contributed by atoms with E-state index in [1.807, 2.05) is 0 Å². The van der Waals surface area contributed by atoms with Gasteiger partial charge in [-0.3, -0.25) is 0 Å². The monoisotopic (exact) mass is 344 g/mol. The lowest BCUT2D eigenvalue weighted by Gasteiger charge is -2.05. The Morgan fingerprint density at radius 3 is 1.29 bits per heavy atom. The summed E-state index contributed by atoms with van der Waals surface area (Å²) in [7, 11) is 0. The molecule has 140 valence electrons. The van der Waals surface area contributed by atoms with Gasteiger partial charge in [-0.2, -0.15) is 0 Å². The molecule has 0 fully saturated rings. The van der Waals surface area contributed by atoms with Crippen molar-refractivity contribution < 1.29 is 29.3 Å². The van der Waals surface area contributed by atoms with E-state index in [1.165, 1.54) is 0 Å². The summed E-state index contributed by atoms with van der Waals surface area (Å²) in [4.78, 5) is 21.9. The molecule has 0 radical (unpaired) electrons.